The van der Waals surface area contributed by atoms with Gasteiger partial charge < -0.3 is 0 Å². The molecule has 0 amide bonds. The van der Waals surface area contributed by atoms with E-state index in [4.69, 9.17) is 4.42 Å². The summed E-state index contributed by atoms with van der Waals surface area (Å²) in [6, 6.07) is 4.04. The molecule has 0 saturated carbocycles. The zero-order valence-corrected chi connectivity index (χ0v) is 6.68. The van der Waals surface area contributed by atoms with Gasteiger partial charge in [0.15, 0.2) is 0 Å². The minimum absolute atomic E-state index is 0.522. The van der Waals surface area contributed by atoms with Crippen molar-refractivity contribution in [3.8, 4) is 0 Å². The number of rotatable bonds is 1. The Morgan fingerprint density at radius 1 is 1.50 bits per heavy atom. The molecule has 1 rings (SSSR count). The predicted octanol–water partition coefficient (Wildman–Crippen LogP) is 0.966. The minimum atomic E-state index is 0.522. The maximum atomic E-state index is 5.26. The fourth-order valence-corrected chi connectivity index (χ4v) is 1.40. The second kappa shape index (κ2) is 2.38. The molecule has 0 fully saturated rings. The molecule has 1 aromatic heterocycles. The Hall–Kier alpha value is -0.201. The van der Waals surface area contributed by atoms with E-state index in [-0.39, 0.29) is 0 Å². The molecule has 0 saturated heterocycles. The van der Waals surface area contributed by atoms with Gasteiger partial charge in [-0.15, -0.1) is 0 Å². The van der Waals surface area contributed by atoms with Crippen LogP contribution in [0.5, 0.6) is 0 Å². The molecule has 8 heavy (non-hydrogen) atoms. The molecule has 1 aromatic rings. The Kier molecular flexibility index (Phi) is 1.76. The van der Waals surface area contributed by atoms with Gasteiger partial charge in [0.1, 0.15) is 0 Å². The summed E-state index contributed by atoms with van der Waals surface area (Å²) in [5, 5.41) is 0. The van der Waals surface area contributed by atoms with Crippen molar-refractivity contribution in [1.29, 1.82) is 0 Å². The Balaban J connectivity index is 2.84. The van der Waals surface area contributed by atoms with Crippen LogP contribution in [0.15, 0.2) is 16.5 Å². The van der Waals surface area contributed by atoms with E-state index in [1.54, 1.807) is 0 Å². The average Bonchev–Trinajstić information content (AvgIpc) is 2.14. The summed E-state index contributed by atoms with van der Waals surface area (Å²) in [6.07, 6.45) is 0. The van der Waals surface area contributed by atoms with E-state index in [2.05, 4.69) is 5.82 Å². The summed E-state index contributed by atoms with van der Waals surface area (Å²) in [7, 11) is 0. The van der Waals surface area contributed by atoms with E-state index in [1.165, 1.54) is 0 Å². The van der Waals surface area contributed by atoms with Crippen molar-refractivity contribution in [3.05, 3.63) is 17.9 Å². The summed E-state index contributed by atoms with van der Waals surface area (Å²) < 4.78 is 6.39. The van der Waals surface area contributed by atoms with Crippen molar-refractivity contribution in [2.24, 2.45) is 0 Å². The number of aryl methyl sites for hydroxylation is 1. The summed E-state index contributed by atoms with van der Waals surface area (Å²) >= 11 is 0.522. The summed E-state index contributed by atoms with van der Waals surface area (Å²) in [4.78, 5) is 0. The third kappa shape index (κ3) is 1.15. The first kappa shape index (κ1) is 5.93. The van der Waals surface area contributed by atoms with Gasteiger partial charge in [-0.25, -0.2) is 0 Å². The van der Waals surface area contributed by atoms with Crippen LogP contribution < -0.4 is 4.66 Å². The van der Waals surface area contributed by atoms with E-state index < -0.39 is 0 Å². The molecule has 0 radical (unpaired) electrons. The molecule has 1 nitrogen and oxygen atoms in total. The van der Waals surface area contributed by atoms with Crippen molar-refractivity contribution in [2.75, 3.05) is 0 Å². The molecule has 44 valence electrons. The normalized spacial score (nSPS) is 9.75. The van der Waals surface area contributed by atoms with Gasteiger partial charge in [0.25, 0.3) is 0 Å². The van der Waals surface area contributed by atoms with Crippen LogP contribution in [0.3, 0.4) is 0 Å². The fraction of sp³-hybridized carbons (Fsp3) is 0.333. The molecule has 0 spiro atoms. The third-order valence-corrected chi connectivity index (χ3v) is 2.22. The zero-order chi connectivity index (χ0) is 5.98. The molecule has 2 heteroatoms. The van der Waals surface area contributed by atoms with Gasteiger partial charge in [0.05, 0.1) is 0 Å². The number of hydrogen-bond donors (Lipinski definition) is 0. The van der Waals surface area contributed by atoms with Gasteiger partial charge >= 0.3 is 54.7 Å². The Bertz CT molecular complexity index is 169. The molecule has 0 N–H and O–H groups in total. The Labute approximate surface area is 55.2 Å². The summed E-state index contributed by atoms with van der Waals surface area (Å²) in [5.41, 5.74) is 0. The van der Waals surface area contributed by atoms with E-state index in [1.807, 2.05) is 19.1 Å². The number of furan rings is 1. The van der Waals surface area contributed by atoms with Crippen molar-refractivity contribution < 1.29 is 4.42 Å². The predicted molar refractivity (Wildman–Crippen MR) is 34.7 cm³/mol. The van der Waals surface area contributed by atoms with E-state index in [0.29, 0.717) is 15.0 Å². The zero-order valence-electron chi connectivity index (χ0n) is 4.97. The summed E-state index contributed by atoms with van der Waals surface area (Å²) in [6.45, 7) is 1.97. The van der Waals surface area contributed by atoms with Gasteiger partial charge in [-0.3, -0.25) is 0 Å². The topological polar surface area (TPSA) is 13.1 Å². The van der Waals surface area contributed by atoms with Crippen molar-refractivity contribution in [3.63, 3.8) is 0 Å². The van der Waals surface area contributed by atoms with E-state index in [9.17, 15) is 0 Å². The van der Waals surface area contributed by atoms with Crippen LogP contribution in [0.4, 0.5) is 0 Å². The third-order valence-electron chi connectivity index (χ3n) is 0.917. The first-order valence-corrected chi connectivity index (χ1v) is 5.00. The van der Waals surface area contributed by atoms with Gasteiger partial charge in [0.2, 0.25) is 0 Å². The molecule has 0 aromatic carbocycles. The fourth-order valence-electron chi connectivity index (χ4n) is 0.522. The van der Waals surface area contributed by atoms with Gasteiger partial charge in [0, 0.05) is 0 Å². The molecule has 1 heterocycles. The van der Waals surface area contributed by atoms with Crippen LogP contribution in [-0.4, -0.2) is 15.0 Å². The molecule has 0 aliphatic heterocycles. The second-order valence-corrected chi connectivity index (χ2v) is 3.27. The van der Waals surface area contributed by atoms with Gasteiger partial charge in [-0.1, -0.05) is 0 Å². The first-order valence-electron chi connectivity index (χ1n) is 2.43. The van der Waals surface area contributed by atoms with Crippen LogP contribution in [0.1, 0.15) is 5.76 Å². The van der Waals surface area contributed by atoms with Crippen molar-refractivity contribution >= 4 is 19.6 Å². The molecule has 0 atom stereocenters. The summed E-state index contributed by atoms with van der Waals surface area (Å²) in [5.74, 6) is 3.16. The SMILES string of the molecule is C[Se]c1ccc(C)o1. The van der Waals surface area contributed by atoms with Crippen molar-refractivity contribution in [1.82, 2.24) is 0 Å². The molecule has 0 aliphatic rings. The first-order chi connectivity index (χ1) is 3.83. The van der Waals surface area contributed by atoms with Gasteiger partial charge in [-0.2, -0.15) is 0 Å². The van der Waals surface area contributed by atoms with Crippen LogP contribution in [0, 0.1) is 6.92 Å². The standard InChI is InChI=1S/C6H8OSe/c1-5-3-4-6(7-5)8-2/h3-4H,1-2H3. The van der Waals surface area contributed by atoms with Crippen LogP contribution >= 0.6 is 0 Å². The van der Waals surface area contributed by atoms with Gasteiger partial charge in [-0.05, 0) is 0 Å². The van der Waals surface area contributed by atoms with E-state index >= 15 is 0 Å². The van der Waals surface area contributed by atoms with Crippen LogP contribution in [0.2, 0.25) is 5.82 Å². The quantitative estimate of drug-likeness (QED) is 0.579. The Morgan fingerprint density at radius 3 is 2.50 bits per heavy atom. The van der Waals surface area contributed by atoms with E-state index in [0.717, 1.165) is 10.4 Å². The molecule has 0 bridgehead atoms. The van der Waals surface area contributed by atoms with Crippen LogP contribution in [0.25, 0.3) is 0 Å². The maximum absolute atomic E-state index is 5.26. The molecule has 0 aliphatic carbocycles. The molecule has 0 unspecified atom stereocenters. The average molecular weight is 175 g/mol. The van der Waals surface area contributed by atoms with Crippen LogP contribution in [-0.2, 0) is 0 Å². The Morgan fingerprint density at radius 2 is 2.25 bits per heavy atom. The molecular formula is C6H8OSe. The second-order valence-electron chi connectivity index (χ2n) is 1.57. The number of hydrogen-bond acceptors (Lipinski definition) is 1. The monoisotopic (exact) mass is 176 g/mol. The van der Waals surface area contributed by atoms with Crippen molar-refractivity contribution in [2.45, 2.75) is 12.7 Å². The molecular weight excluding hydrogens is 167 g/mol.